The Hall–Kier alpha value is -4.44. The summed E-state index contributed by atoms with van der Waals surface area (Å²) in [7, 11) is 3.67. The zero-order chi connectivity index (χ0) is 26.8. The molecule has 0 spiro atoms. The highest BCUT2D eigenvalue weighted by Gasteiger charge is 2.34. The van der Waals surface area contributed by atoms with Crippen LogP contribution in [0.5, 0.6) is 5.75 Å². The fourth-order valence-corrected chi connectivity index (χ4v) is 4.90. The fraction of sp³-hybridized carbons (Fsp3) is 0.286. The number of nitrogens with two attached hydrogens (primary N) is 1. The molecule has 38 heavy (non-hydrogen) atoms. The quantitative estimate of drug-likeness (QED) is 0.368. The lowest BCUT2D eigenvalue weighted by molar-refractivity contribution is 0.0972. The minimum Gasteiger partial charge on any atom is -0.497 e. The number of amides is 2. The normalized spacial score (nSPS) is 13.2. The molecule has 4 aromatic rings. The average molecular weight is 514 g/mol. The first-order chi connectivity index (χ1) is 18.4. The summed E-state index contributed by atoms with van der Waals surface area (Å²) in [5, 5.41) is 4.43. The number of carbonyl (C=O) groups excluding carboxylic acids is 2. The summed E-state index contributed by atoms with van der Waals surface area (Å²) < 4.78 is 8.81. The topological polar surface area (TPSA) is 112 Å². The molecule has 0 unspecified atom stereocenters. The number of anilines is 1. The van der Waals surface area contributed by atoms with Gasteiger partial charge in [-0.3, -0.25) is 14.5 Å². The van der Waals surface area contributed by atoms with Crippen LogP contribution in [0.25, 0.3) is 11.4 Å². The van der Waals surface area contributed by atoms with Crippen LogP contribution >= 0.6 is 0 Å². The minimum atomic E-state index is -0.653. The molecule has 0 radical (unpaired) electrons. The summed E-state index contributed by atoms with van der Waals surface area (Å²) in [6.45, 7) is 4.31. The van der Waals surface area contributed by atoms with Crippen molar-refractivity contribution in [2.24, 2.45) is 5.73 Å². The third-order valence-corrected chi connectivity index (χ3v) is 6.74. The second kappa shape index (κ2) is 10.5. The van der Waals surface area contributed by atoms with Crippen molar-refractivity contribution < 1.29 is 14.3 Å². The van der Waals surface area contributed by atoms with Crippen molar-refractivity contribution in [3.05, 3.63) is 83.7 Å². The van der Waals surface area contributed by atoms with Crippen LogP contribution < -0.4 is 15.4 Å². The van der Waals surface area contributed by atoms with Crippen LogP contribution in [-0.4, -0.2) is 63.3 Å². The van der Waals surface area contributed by atoms with E-state index >= 15 is 0 Å². The molecule has 2 aromatic carbocycles. The van der Waals surface area contributed by atoms with Crippen LogP contribution in [0.1, 0.15) is 45.7 Å². The van der Waals surface area contributed by atoms with Crippen LogP contribution in [0.4, 0.5) is 5.69 Å². The zero-order valence-electron chi connectivity index (χ0n) is 21.8. The van der Waals surface area contributed by atoms with Crippen LogP contribution in [-0.2, 0) is 13.0 Å². The Kier molecular flexibility index (Phi) is 6.97. The molecule has 0 fully saturated rings. The molecular weight excluding hydrogens is 482 g/mol. The van der Waals surface area contributed by atoms with Gasteiger partial charge in [0.25, 0.3) is 11.8 Å². The van der Waals surface area contributed by atoms with E-state index in [0.29, 0.717) is 35.7 Å². The van der Waals surface area contributed by atoms with Crippen molar-refractivity contribution in [2.75, 3.05) is 32.1 Å². The first kappa shape index (κ1) is 25.2. The number of rotatable bonds is 9. The van der Waals surface area contributed by atoms with Crippen molar-refractivity contribution in [3.63, 3.8) is 0 Å². The van der Waals surface area contributed by atoms with Crippen molar-refractivity contribution >= 4 is 17.5 Å². The average Bonchev–Trinajstić information content (AvgIpc) is 3.55. The molecule has 0 saturated carbocycles. The first-order valence-electron chi connectivity index (χ1n) is 12.6. The molecule has 0 aliphatic carbocycles. The number of aromatic nitrogens is 4. The third-order valence-electron chi connectivity index (χ3n) is 6.74. The summed E-state index contributed by atoms with van der Waals surface area (Å²) >= 11 is 0. The number of benzene rings is 2. The van der Waals surface area contributed by atoms with Crippen LogP contribution in [0, 0.1) is 0 Å². The summed E-state index contributed by atoms with van der Waals surface area (Å²) in [6, 6.07) is 15.0. The molecule has 5 rings (SSSR count). The molecule has 0 bridgehead atoms. The predicted molar refractivity (Wildman–Crippen MR) is 144 cm³/mol. The minimum absolute atomic E-state index is 0.125. The second-order valence-corrected chi connectivity index (χ2v) is 9.32. The Morgan fingerprint density at radius 2 is 1.76 bits per heavy atom. The molecule has 10 nitrogen and oxygen atoms in total. The van der Waals surface area contributed by atoms with Gasteiger partial charge in [0.05, 0.1) is 19.3 Å². The molecule has 0 atom stereocenters. The van der Waals surface area contributed by atoms with E-state index in [0.717, 1.165) is 36.7 Å². The third kappa shape index (κ3) is 4.66. The van der Waals surface area contributed by atoms with Crippen molar-refractivity contribution in [1.82, 2.24) is 24.2 Å². The Morgan fingerprint density at radius 1 is 1.08 bits per heavy atom. The predicted octanol–water partition coefficient (Wildman–Crippen LogP) is 3.21. The number of ether oxygens (including phenoxy) is 1. The molecule has 1 aliphatic heterocycles. The molecule has 2 N–H and O–H groups in total. The maximum absolute atomic E-state index is 13.8. The van der Waals surface area contributed by atoms with Gasteiger partial charge < -0.3 is 19.9 Å². The molecule has 10 heteroatoms. The van der Waals surface area contributed by atoms with E-state index in [1.165, 1.54) is 4.68 Å². The maximum Gasteiger partial charge on any atom is 0.277 e. The van der Waals surface area contributed by atoms with Crippen molar-refractivity contribution in [1.29, 1.82) is 0 Å². The van der Waals surface area contributed by atoms with Gasteiger partial charge in [0.15, 0.2) is 5.69 Å². The first-order valence-corrected chi connectivity index (χ1v) is 12.6. The van der Waals surface area contributed by atoms with E-state index in [9.17, 15) is 9.59 Å². The maximum atomic E-state index is 13.8. The molecule has 1 aliphatic rings. The highest BCUT2D eigenvalue weighted by atomic mass is 16.5. The number of hydrogen-bond donors (Lipinski definition) is 1. The van der Waals surface area contributed by atoms with E-state index in [4.69, 9.17) is 10.5 Å². The lowest BCUT2D eigenvalue weighted by Crippen LogP contribution is -2.39. The van der Waals surface area contributed by atoms with Crippen LogP contribution in [0.15, 0.2) is 60.9 Å². The SMILES string of the molecule is CCCN(C)Cc1nccn1-c1ccc(N2CCc3c(C(N)=O)nn(-c4ccc(OC)cc4)c3C2=O)cc1. The summed E-state index contributed by atoms with van der Waals surface area (Å²) in [4.78, 5) is 34.4. The molecule has 2 aromatic heterocycles. The van der Waals surface area contributed by atoms with Gasteiger partial charge in [0.2, 0.25) is 0 Å². The standard InChI is InChI=1S/C28H31N7O3/c1-4-15-32(2)18-24-30-14-17-33(24)19-5-7-20(8-6-19)34-16-13-23-25(27(29)36)31-35(26(23)28(34)37)21-9-11-22(38-3)12-10-21/h5-12,14,17H,4,13,15-16,18H2,1-3H3,(H2,29,36). The van der Waals surface area contributed by atoms with E-state index in [2.05, 4.69) is 33.5 Å². The van der Waals surface area contributed by atoms with Gasteiger partial charge in [0.1, 0.15) is 17.3 Å². The van der Waals surface area contributed by atoms with Gasteiger partial charge in [-0.1, -0.05) is 6.92 Å². The lowest BCUT2D eigenvalue weighted by Gasteiger charge is -2.28. The highest BCUT2D eigenvalue weighted by molar-refractivity contribution is 6.09. The van der Waals surface area contributed by atoms with Gasteiger partial charge >= 0.3 is 0 Å². The zero-order valence-corrected chi connectivity index (χ0v) is 21.8. The largest absolute Gasteiger partial charge is 0.497 e. The van der Waals surface area contributed by atoms with E-state index in [1.807, 2.05) is 30.5 Å². The van der Waals surface area contributed by atoms with Gasteiger partial charge in [-0.2, -0.15) is 5.10 Å². The molecule has 2 amide bonds. The highest BCUT2D eigenvalue weighted by Crippen LogP contribution is 2.30. The van der Waals surface area contributed by atoms with Crippen LogP contribution in [0.3, 0.4) is 0 Å². The fourth-order valence-electron chi connectivity index (χ4n) is 4.90. The summed E-state index contributed by atoms with van der Waals surface area (Å²) in [6.07, 6.45) is 5.29. The monoisotopic (exact) mass is 513 g/mol. The summed E-state index contributed by atoms with van der Waals surface area (Å²) in [5.74, 6) is 0.741. The number of carbonyl (C=O) groups is 2. The van der Waals surface area contributed by atoms with E-state index < -0.39 is 5.91 Å². The van der Waals surface area contributed by atoms with Gasteiger partial charge in [-0.15, -0.1) is 0 Å². The lowest BCUT2D eigenvalue weighted by atomic mass is 10.0. The number of methoxy groups -OCH3 is 1. The number of primary amides is 1. The smallest absolute Gasteiger partial charge is 0.277 e. The number of hydrogen-bond acceptors (Lipinski definition) is 6. The Bertz CT molecular complexity index is 1450. The Balaban J connectivity index is 1.45. The van der Waals surface area contributed by atoms with E-state index in [1.54, 1.807) is 42.5 Å². The van der Waals surface area contributed by atoms with E-state index in [-0.39, 0.29) is 11.6 Å². The molecule has 0 saturated heterocycles. The van der Waals surface area contributed by atoms with Gasteiger partial charge in [-0.25, -0.2) is 9.67 Å². The number of imidazole rings is 1. The van der Waals surface area contributed by atoms with Crippen molar-refractivity contribution in [3.8, 4) is 17.1 Å². The van der Waals surface area contributed by atoms with Gasteiger partial charge in [0, 0.05) is 35.9 Å². The van der Waals surface area contributed by atoms with Gasteiger partial charge in [-0.05, 0) is 75.0 Å². The molecule has 3 heterocycles. The molecule has 196 valence electrons. The Labute approximate surface area is 221 Å². The Morgan fingerprint density at radius 3 is 2.42 bits per heavy atom. The van der Waals surface area contributed by atoms with Crippen molar-refractivity contribution in [2.45, 2.75) is 26.3 Å². The molecular formula is C28H31N7O3. The van der Waals surface area contributed by atoms with Crippen LogP contribution in [0.2, 0.25) is 0 Å². The number of nitrogens with zero attached hydrogens (tertiary/aromatic N) is 6. The number of fused-ring (bicyclic) bond motifs is 1. The summed E-state index contributed by atoms with van der Waals surface area (Å²) in [5.41, 5.74) is 9.03. The second-order valence-electron chi connectivity index (χ2n) is 9.32.